The van der Waals surface area contributed by atoms with Gasteiger partial charge in [0.15, 0.2) is 0 Å². The molecule has 0 fully saturated rings. The number of nitrogens with two attached hydrogens (primary N) is 1. The third-order valence-corrected chi connectivity index (χ3v) is 3.86. The van der Waals surface area contributed by atoms with E-state index in [1.807, 2.05) is 18.2 Å². The van der Waals surface area contributed by atoms with Crippen LogP contribution in [0, 0.1) is 0 Å². The Bertz CT molecular complexity index is 437. The fourth-order valence-electron chi connectivity index (χ4n) is 1.26. The van der Waals surface area contributed by atoms with E-state index in [1.165, 1.54) is 0 Å². The first-order chi connectivity index (χ1) is 7.31. The van der Waals surface area contributed by atoms with Crippen LogP contribution in [0.4, 0.5) is 5.00 Å². The first kappa shape index (κ1) is 10.5. The molecule has 0 aliphatic carbocycles. The summed E-state index contributed by atoms with van der Waals surface area (Å²) in [6.45, 7) is 2.10. The van der Waals surface area contributed by atoms with Gasteiger partial charge in [0, 0.05) is 5.56 Å². The number of benzene rings is 1. The van der Waals surface area contributed by atoms with Crippen LogP contribution in [0.15, 0.2) is 35.4 Å². The molecule has 15 heavy (non-hydrogen) atoms. The van der Waals surface area contributed by atoms with E-state index in [-0.39, 0.29) is 0 Å². The van der Waals surface area contributed by atoms with Gasteiger partial charge in [-0.15, -0.1) is 11.8 Å². The predicted molar refractivity (Wildman–Crippen MR) is 68.4 cm³/mol. The van der Waals surface area contributed by atoms with Crippen molar-refractivity contribution in [1.82, 2.24) is 4.98 Å². The Morgan fingerprint density at radius 3 is 2.73 bits per heavy atom. The van der Waals surface area contributed by atoms with E-state index >= 15 is 0 Å². The van der Waals surface area contributed by atoms with E-state index in [2.05, 4.69) is 24.0 Å². The summed E-state index contributed by atoms with van der Waals surface area (Å²) < 4.78 is 0. The number of nitrogens with zero attached hydrogens (tertiary/aromatic N) is 1. The van der Waals surface area contributed by atoms with Gasteiger partial charge in [0.25, 0.3) is 0 Å². The Kier molecular flexibility index (Phi) is 3.28. The summed E-state index contributed by atoms with van der Waals surface area (Å²) in [6, 6.07) is 10.1. The Labute approximate surface area is 97.5 Å². The van der Waals surface area contributed by atoms with Crippen LogP contribution in [0.3, 0.4) is 0 Å². The zero-order chi connectivity index (χ0) is 10.7. The highest BCUT2D eigenvalue weighted by atomic mass is 32.2. The standard InChI is InChI=1S/C11H12N2S2/c1-2-14-11-9(12)15-10(13-11)8-6-4-3-5-7-8/h3-7H,2,12H2,1H3. The summed E-state index contributed by atoms with van der Waals surface area (Å²) in [5.41, 5.74) is 7.04. The third-order valence-electron chi connectivity index (χ3n) is 1.92. The largest absolute Gasteiger partial charge is 0.388 e. The second-order valence-electron chi connectivity index (χ2n) is 2.99. The molecule has 2 aromatic rings. The predicted octanol–water partition coefficient (Wildman–Crippen LogP) is 3.50. The van der Waals surface area contributed by atoms with Crippen molar-refractivity contribution in [1.29, 1.82) is 0 Å². The lowest BCUT2D eigenvalue weighted by atomic mass is 10.2. The zero-order valence-corrected chi connectivity index (χ0v) is 10.1. The minimum Gasteiger partial charge on any atom is -0.388 e. The number of hydrogen-bond donors (Lipinski definition) is 1. The molecule has 0 aliphatic heterocycles. The molecule has 2 nitrogen and oxygen atoms in total. The van der Waals surface area contributed by atoms with Crippen LogP contribution >= 0.6 is 23.1 Å². The van der Waals surface area contributed by atoms with Crippen LogP contribution in [-0.4, -0.2) is 10.7 Å². The first-order valence-corrected chi connectivity index (χ1v) is 6.56. The van der Waals surface area contributed by atoms with E-state index in [4.69, 9.17) is 5.73 Å². The molecular formula is C11H12N2S2. The molecule has 0 radical (unpaired) electrons. The quantitative estimate of drug-likeness (QED) is 0.829. The third kappa shape index (κ3) is 2.33. The van der Waals surface area contributed by atoms with Crippen LogP contribution < -0.4 is 5.73 Å². The average molecular weight is 236 g/mol. The zero-order valence-electron chi connectivity index (χ0n) is 8.43. The summed E-state index contributed by atoms with van der Waals surface area (Å²) in [6.07, 6.45) is 0. The summed E-state index contributed by atoms with van der Waals surface area (Å²) in [7, 11) is 0. The van der Waals surface area contributed by atoms with E-state index in [0.717, 1.165) is 26.4 Å². The molecule has 2 rings (SSSR count). The minimum atomic E-state index is 0.820. The van der Waals surface area contributed by atoms with Crippen LogP contribution in [0.2, 0.25) is 0 Å². The van der Waals surface area contributed by atoms with Gasteiger partial charge in [-0.2, -0.15) is 0 Å². The molecule has 2 N–H and O–H groups in total. The molecule has 0 aliphatic rings. The van der Waals surface area contributed by atoms with Crippen molar-refractivity contribution in [2.24, 2.45) is 0 Å². The molecule has 1 heterocycles. The molecular weight excluding hydrogens is 224 g/mol. The van der Waals surface area contributed by atoms with E-state index in [1.54, 1.807) is 23.1 Å². The second-order valence-corrected chi connectivity index (χ2v) is 5.27. The van der Waals surface area contributed by atoms with Gasteiger partial charge >= 0.3 is 0 Å². The number of anilines is 1. The SMILES string of the molecule is CCSc1nc(-c2ccccc2)sc1N. The van der Waals surface area contributed by atoms with Gasteiger partial charge < -0.3 is 5.73 Å². The van der Waals surface area contributed by atoms with Gasteiger partial charge in [0.2, 0.25) is 0 Å². The molecule has 0 atom stereocenters. The number of rotatable bonds is 3. The summed E-state index contributed by atoms with van der Waals surface area (Å²) in [5, 5.41) is 2.78. The molecule has 1 aromatic heterocycles. The van der Waals surface area contributed by atoms with Crippen molar-refractivity contribution in [2.45, 2.75) is 11.9 Å². The lowest BCUT2D eigenvalue weighted by Gasteiger charge is -1.93. The van der Waals surface area contributed by atoms with E-state index in [0.29, 0.717) is 0 Å². The van der Waals surface area contributed by atoms with Gasteiger partial charge in [-0.1, -0.05) is 48.6 Å². The van der Waals surface area contributed by atoms with Crippen LogP contribution in [0.1, 0.15) is 6.92 Å². The summed E-state index contributed by atoms with van der Waals surface area (Å²) >= 11 is 3.24. The lowest BCUT2D eigenvalue weighted by molar-refractivity contribution is 1.21. The fraction of sp³-hybridized carbons (Fsp3) is 0.182. The molecule has 0 bridgehead atoms. The molecule has 0 saturated heterocycles. The Morgan fingerprint density at radius 2 is 2.07 bits per heavy atom. The van der Waals surface area contributed by atoms with E-state index < -0.39 is 0 Å². The fourth-order valence-corrected chi connectivity index (χ4v) is 2.93. The monoisotopic (exact) mass is 236 g/mol. The lowest BCUT2D eigenvalue weighted by Crippen LogP contribution is -1.82. The highest BCUT2D eigenvalue weighted by molar-refractivity contribution is 7.99. The molecule has 1 aromatic carbocycles. The van der Waals surface area contributed by atoms with Crippen molar-refractivity contribution in [2.75, 3.05) is 11.5 Å². The van der Waals surface area contributed by atoms with Crippen molar-refractivity contribution < 1.29 is 0 Å². The van der Waals surface area contributed by atoms with E-state index in [9.17, 15) is 0 Å². The van der Waals surface area contributed by atoms with Crippen LogP contribution in [0.5, 0.6) is 0 Å². The normalized spacial score (nSPS) is 10.5. The number of hydrogen-bond acceptors (Lipinski definition) is 4. The number of nitrogen functional groups attached to an aromatic ring is 1. The topological polar surface area (TPSA) is 38.9 Å². The molecule has 0 saturated carbocycles. The summed E-state index contributed by atoms with van der Waals surface area (Å²) in [5.74, 6) is 1.00. The van der Waals surface area contributed by atoms with Gasteiger partial charge in [0.05, 0.1) is 0 Å². The Hall–Kier alpha value is -1.00. The second kappa shape index (κ2) is 4.68. The Balaban J connectivity index is 2.34. The van der Waals surface area contributed by atoms with Crippen LogP contribution in [-0.2, 0) is 0 Å². The van der Waals surface area contributed by atoms with Crippen molar-refractivity contribution in [3.05, 3.63) is 30.3 Å². The molecule has 78 valence electrons. The maximum absolute atomic E-state index is 5.90. The van der Waals surface area contributed by atoms with Crippen molar-refractivity contribution in [3.8, 4) is 10.6 Å². The first-order valence-electron chi connectivity index (χ1n) is 4.75. The van der Waals surface area contributed by atoms with Crippen molar-refractivity contribution in [3.63, 3.8) is 0 Å². The van der Waals surface area contributed by atoms with Gasteiger partial charge in [-0.3, -0.25) is 0 Å². The maximum atomic E-state index is 5.90. The van der Waals surface area contributed by atoms with Gasteiger partial charge in [-0.05, 0) is 5.75 Å². The molecule has 0 amide bonds. The molecule has 0 unspecified atom stereocenters. The van der Waals surface area contributed by atoms with Gasteiger partial charge in [0.1, 0.15) is 15.0 Å². The highest BCUT2D eigenvalue weighted by Crippen LogP contribution is 2.34. The maximum Gasteiger partial charge on any atom is 0.131 e. The average Bonchev–Trinajstić information content (AvgIpc) is 2.63. The number of thiazole rings is 1. The number of thioether (sulfide) groups is 1. The minimum absolute atomic E-state index is 0.820. The van der Waals surface area contributed by atoms with Crippen LogP contribution in [0.25, 0.3) is 10.6 Å². The Morgan fingerprint density at radius 1 is 1.33 bits per heavy atom. The molecule has 0 spiro atoms. The van der Waals surface area contributed by atoms with Crippen molar-refractivity contribution >= 4 is 28.1 Å². The highest BCUT2D eigenvalue weighted by Gasteiger charge is 2.09. The number of aromatic nitrogens is 1. The van der Waals surface area contributed by atoms with Gasteiger partial charge in [-0.25, -0.2) is 4.98 Å². The smallest absolute Gasteiger partial charge is 0.131 e. The molecule has 4 heteroatoms. The summed E-state index contributed by atoms with van der Waals surface area (Å²) in [4.78, 5) is 4.53.